The molecule has 0 aliphatic carbocycles. The van der Waals surface area contributed by atoms with Crippen LogP contribution in [0.25, 0.3) is 0 Å². The van der Waals surface area contributed by atoms with Crippen LogP contribution in [0.3, 0.4) is 0 Å². The van der Waals surface area contributed by atoms with Crippen LogP contribution in [-0.4, -0.2) is 33.6 Å². The summed E-state index contributed by atoms with van der Waals surface area (Å²) in [6, 6.07) is 3.35. The molecule has 5 heteroatoms. The predicted molar refractivity (Wildman–Crippen MR) is 76.6 cm³/mol. The van der Waals surface area contributed by atoms with Crippen molar-refractivity contribution in [2.24, 2.45) is 0 Å². The summed E-state index contributed by atoms with van der Waals surface area (Å²) in [5, 5.41) is 29.9. The van der Waals surface area contributed by atoms with Gasteiger partial charge in [0.05, 0.1) is 11.2 Å². The molecule has 1 aromatic rings. The lowest BCUT2D eigenvalue weighted by Crippen LogP contribution is -2.53. The van der Waals surface area contributed by atoms with Gasteiger partial charge in [-0.1, -0.05) is 12.1 Å². The molecule has 1 aromatic carbocycles. The fourth-order valence-electron chi connectivity index (χ4n) is 1.62. The van der Waals surface area contributed by atoms with Crippen molar-refractivity contribution in [1.29, 1.82) is 0 Å². The average molecular weight is 266 g/mol. The molecule has 0 saturated carbocycles. The topological polar surface area (TPSA) is 69.9 Å². The quantitative estimate of drug-likeness (QED) is 0.718. The number of hydrogen-bond donors (Lipinski definition) is 3. The van der Waals surface area contributed by atoms with E-state index in [1.165, 1.54) is 0 Å². The van der Waals surface area contributed by atoms with Crippen molar-refractivity contribution in [3.63, 3.8) is 0 Å². The molecule has 4 nitrogen and oxygen atoms in total. The van der Waals surface area contributed by atoms with Gasteiger partial charge in [-0.15, -0.1) is 0 Å². The SMILES string of the molecule is Cc1cc(B(O)OC(C)(C)C(C)(C)O)cc(C)c1O. The minimum Gasteiger partial charge on any atom is -0.507 e. The number of aryl methyl sites for hydroxylation is 2. The minimum atomic E-state index is -1.15. The molecular formula is C14H23BO4. The molecule has 0 spiro atoms. The van der Waals surface area contributed by atoms with Gasteiger partial charge in [-0.05, 0) is 58.1 Å². The number of phenolic OH excluding ortho intramolecular Hbond substituents is 1. The molecule has 106 valence electrons. The third-order valence-electron chi connectivity index (χ3n) is 3.68. The molecule has 0 atom stereocenters. The Morgan fingerprint density at radius 3 is 1.84 bits per heavy atom. The Bertz CT molecular complexity index is 440. The lowest BCUT2D eigenvalue weighted by Gasteiger charge is -2.38. The van der Waals surface area contributed by atoms with Crippen LogP contribution in [0.15, 0.2) is 12.1 Å². The maximum absolute atomic E-state index is 10.1. The lowest BCUT2D eigenvalue weighted by atomic mass is 9.75. The highest BCUT2D eigenvalue weighted by Crippen LogP contribution is 2.26. The second-order valence-corrected chi connectivity index (χ2v) is 6.04. The molecular weight excluding hydrogens is 243 g/mol. The van der Waals surface area contributed by atoms with Crippen LogP contribution in [0.5, 0.6) is 5.75 Å². The molecule has 0 unspecified atom stereocenters. The average Bonchev–Trinajstić information content (AvgIpc) is 2.22. The van der Waals surface area contributed by atoms with Crippen LogP contribution >= 0.6 is 0 Å². The van der Waals surface area contributed by atoms with Crippen molar-refractivity contribution < 1.29 is 19.9 Å². The van der Waals surface area contributed by atoms with Crippen molar-refractivity contribution >= 4 is 12.6 Å². The van der Waals surface area contributed by atoms with Crippen molar-refractivity contribution in [2.75, 3.05) is 0 Å². The first-order valence-corrected chi connectivity index (χ1v) is 6.34. The highest BCUT2D eigenvalue weighted by atomic mass is 16.5. The normalized spacial score (nSPS) is 12.6. The highest BCUT2D eigenvalue weighted by molar-refractivity contribution is 6.60. The second-order valence-electron chi connectivity index (χ2n) is 6.04. The van der Waals surface area contributed by atoms with E-state index in [1.54, 1.807) is 53.7 Å². The molecule has 0 aliphatic heterocycles. The van der Waals surface area contributed by atoms with E-state index in [9.17, 15) is 15.2 Å². The van der Waals surface area contributed by atoms with Gasteiger partial charge < -0.3 is 19.9 Å². The van der Waals surface area contributed by atoms with Crippen molar-refractivity contribution in [1.82, 2.24) is 0 Å². The first-order chi connectivity index (χ1) is 8.45. The molecule has 1 rings (SSSR count). The van der Waals surface area contributed by atoms with Crippen molar-refractivity contribution in [2.45, 2.75) is 52.7 Å². The Morgan fingerprint density at radius 1 is 1.05 bits per heavy atom. The maximum atomic E-state index is 10.1. The van der Waals surface area contributed by atoms with E-state index >= 15 is 0 Å². The van der Waals surface area contributed by atoms with E-state index in [2.05, 4.69) is 0 Å². The summed E-state index contributed by atoms with van der Waals surface area (Å²) in [6.07, 6.45) is 0. The number of aromatic hydroxyl groups is 1. The zero-order valence-electron chi connectivity index (χ0n) is 12.5. The molecule has 19 heavy (non-hydrogen) atoms. The van der Waals surface area contributed by atoms with Crippen LogP contribution in [-0.2, 0) is 4.65 Å². The number of rotatable bonds is 4. The van der Waals surface area contributed by atoms with Gasteiger partial charge in [-0.3, -0.25) is 0 Å². The summed E-state index contributed by atoms with van der Waals surface area (Å²) in [5.74, 6) is 0.220. The van der Waals surface area contributed by atoms with E-state index in [0.717, 1.165) is 0 Å². The van der Waals surface area contributed by atoms with E-state index in [0.29, 0.717) is 16.6 Å². The molecule has 0 bridgehead atoms. The fraction of sp³-hybridized carbons (Fsp3) is 0.571. The molecule has 0 aliphatic rings. The molecule has 0 saturated heterocycles. The number of aliphatic hydroxyl groups is 1. The monoisotopic (exact) mass is 266 g/mol. The third kappa shape index (κ3) is 3.50. The lowest BCUT2D eigenvalue weighted by molar-refractivity contribution is -0.0982. The minimum absolute atomic E-state index is 0.220. The fourth-order valence-corrected chi connectivity index (χ4v) is 1.62. The van der Waals surface area contributed by atoms with Gasteiger partial charge in [0.25, 0.3) is 0 Å². The molecule has 3 N–H and O–H groups in total. The van der Waals surface area contributed by atoms with Crippen LogP contribution in [0, 0.1) is 13.8 Å². The van der Waals surface area contributed by atoms with Gasteiger partial charge in [0.2, 0.25) is 0 Å². The Labute approximate surface area is 115 Å². The molecule has 0 fully saturated rings. The zero-order valence-corrected chi connectivity index (χ0v) is 12.5. The second kappa shape index (κ2) is 5.15. The molecule has 0 radical (unpaired) electrons. The van der Waals surface area contributed by atoms with Gasteiger partial charge in [0, 0.05) is 0 Å². The molecule has 0 aromatic heterocycles. The zero-order chi connectivity index (χ0) is 15.0. The van der Waals surface area contributed by atoms with Crippen LogP contribution < -0.4 is 5.46 Å². The number of phenols is 1. The first-order valence-electron chi connectivity index (χ1n) is 6.34. The van der Waals surface area contributed by atoms with Gasteiger partial charge in [-0.2, -0.15) is 0 Å². The smallest absolute Gasteiger partial charge is 0.491 e. The van der Waals surface area contributed by atoms with Crippen molar-refractivity contribution in [3.05, 3.63) is 23.3 Å². The van der Waals surface area contributed by atoms with E-state index in [-0.39, 0.29) is 5.75 Å². The van der Waals surface area contributed by atoms with Gasteiger partial charge in [0.15, 0.2) is 0 Å². The van der Waals surface area contributed by atoms with E-state index in [1.807, 2.05) is 0 Å². The van der Waals surface area contributed by atoms with Crippen molar-refractivity contribution in [3.8, 4) is 5.75 Å². The van der Waals surface area contributed by atoms with E-state index in [4.69, 9.17) is 4.65 Å². The Hall–Kier alpha value is -1.04. The Morgan fingerprint density at radius 2 is 1.47 bits per heavy atom. The van der Waals surface area contributed by atoms with Gasteiger partial charge in [0.1, 0.15) is 5.75 Å². The number of benzene rings is 1. The summed E-state index contributed by atoms with van der Waals surface area (Å²) < 4.78 is 5.56. The Balaban J connectivity index is 3.00. The van der Waals surface area contributed by atoms with Gasteiger partial charge in [-0.25, -0.2) is 0 Å². The Kier molecular flexibility index (Phi) is 4.35. The summed E-state index contributed by atoms with van der Waals surface area (Å²) >= 11 is 0. The summed E-state index contributed by atoms with van der Waals surface area (Å²) in [7, 11) is -1.15. The summed E-state index contributed by atoms with van der Waals surface area (Å²) in [6.45, 7) is 10.2. The third-order valence-corrected chi connectivity index (χ3v) is 3.68. The predicted octanol–water partition coefficient (Wildman–Crippen LogP) is 1.26. The first kappa shape index (κ1) is 16.0. The summed E-state index contributed by atoms with van der Waals surface area (Å²) in [4.78, 5) is 0. The molecule has 0 heterocycles. The summed E-state index contributed by atoms with van der Waals surface area (Å²) in [5.41, 5.74) is -0.0799. The van der Waals surface area contributed by atoms with Crippen LogP contribution in [0.1, 0.15) is 38.8 Å². The van der Waals surface area contributed by atoms with E-state index < -0.39 is 18.3 Å². The number of hydrogen-bond acceptors (Lipinski definition) is 4. The standard InChI is InChI=1S/C14H23BO4/c1-9-7-11(8-10(2)12(9)16)15(18)19-14(5,6)13(3,4)17/h7-8,16-18H,1-6H3. The largest absolute Gasteiger partial charge is 0.507 e. The molecule has 0 amide bonds. The van der Waals surface area contributed by atoms with Gasteiger partial charge >= 0.3 is 7.12 Å². The highest BCUT2D eigenvalue weighted by Gasteiger charge is 2.39. The van der Waals surface area contributed by atoms with Crippen LogP contribution in [0.4, 0.5) is 0 Å². The van der Waals surface area contributed by atoms with Crippen LogP contribution in [0.2, 0.25) is 0 Å². The maximum Gasteiger partial charge on any atom is 0.491 e.